The summed E-state index contributed by atoms with van der Waals surface area (Å²) in [6.45, 7) is 2.44. The molecule has 2 heterocycles. The van der Waals surface area contributed by atoms with Gasteiger partial charge in [-0.3, -0.25) is 0 Å². The van der Waals surface area contributed by atoms with Crippen molar-refractivity contribution in [2.45, 2.75) is 25.4 Å². The maximum absolute atomic E-state index is 10.6. The number of hydrogen-bond acceptors (Lipinski definition) is 3. The maximum Gasteiger partial charge on any atom is 0.126 e. The third-order valence-electron chi connectivity index (χ3n) is 3.50. The van der Waals surface area contributed by atoms with Gasteiger partial charge in [0, 0.05) is 23.4 Å². The number of aliphatic hydroxyl groups is 1. The third kappa shape index (κ3) is 2.36. The van der Waals surface area contributed by atoms with Crippen molar-refractivity contribution in [1.82, 2.24) is 0 Å². The first-order valence-electron chi connectivity index (χ1n) is 6.25. The smallest absolute Gasteiger partial charge is 0.126 e. The van der Waals surface area contributed by atoms with Crippen molar-refractivity contribution in [1.29, 1.82) is 0 Å². The van der Waals surface area contributed by atoms with Gasteiger partial charge in [0.2, 0.25) is 0 Å². The lowest BCUT2D eigenvalue weighted by Gasteiger charge is -2.23. The zero-order chi connectivity index (χ0) is 13.5. The molecule has 1 unspecified atom stereocenters. The van der Waals surface area contributed by atoms with Crippen molar-refractivity contribution < 1.29 is 14.3 Å². The second-order valence-corrected chi connectivity index (χ2v) is 5.55. The molecule has 1 aliphatic heterocycles. The fourth-order valence-corrected chi connectivity index (χ4v) is 2.78. The Morgan fingerprint density at radius 1 is 1.42 bits per heavy atom. The minimum atomic E-state index is -1.00. The predicted molar refractivity (Wildman–Crippen MR) is 72.6 cm³/mol. The van der Waals surface area contributed by atoms with E-state index in [2.05, 4.69) is 0 Å². The second kappa shape index (κ2) is 4.58. The molecule has 0 aliphatic carbocycles. The van der Waals surface area contributed by atoms with Gasteiger partial charge in [0.25, 0.3) is 0 Å². The number of halogens is 1. The predicted octanol–water partition coefficient (Wildman–Crippen LogP) is 3.32. The van der Waals surface area contributed by atoms with E-state index in [4.69, 9.17) is 20.8 Å². The molecule has 0 spiro atoms. The summed E-state index contributed by atoms with van der Waals surface area (Å²) in [7, 11) is 0. The lowest BCUT2D eigenvalue weighted by molar-refractivity contribution is 0.0563. The van der Waals surface area contributed by atoms with Gasteiger partial charge in [0.1, 0.15) is 5.75 Å². The largest absolute Gasteiger partial charge is 0.493 e. The standard InChI is InChI=1S/C15H15ClO3/c1-15(17,12-3-4-18-9-12)8-11-7-13(16)6-10-2-5-19-14(10)11/h3-4,6-7,9,17H,2,5,8H2,1H3. The molecule has 1 aliphatic rings. The van der Waals surface area contributed by atoms with Crippen molar-refractivity contribution in [3.63, 3.8) is 0 Å². The van der Waals surface area contributed by atoms with Gasteiger partial charge in [-0.25, -0.2) is 0 Å². The van der Waals surface area contributed by atoms with Crippen LogP contribution in [0.3, 0.4) is 0 Å². The third-order valence-corrected chi connectivity index (χ3v) is 3.72. The molecule has 0 bridgehead atoms. The SMILES string of the molecule is CC(O)(Cc1cc(Cl)cc2c1OCC2)c1ccoc1. The Balaban J connectivity index is 1.96. The Morgan fingerprint density at radius 3 is 3.00 bits per heavy atom. The van der Waals surface area contributed by atoms with Gasteiger partial charge in [-0.15, -0.1) is 0 Å². The minimum Gasteiger partial charge on any atom is -0.493 e. The van der Waals surface area contributed by atoms with E-state index in [0.717, 1.165) is 28.9 Å². The van der Waals surface area contributed by atoms with Crippen molar-refractivity contribution >= 4 is 11.6 Å². The molecule has 1 aromatic carbocycles. The van der Waals surface area contributed by atoms with E-state index >= 15 is 0 Å². The van der Waals surface area contributed by atoms with Crippen LogP contribution in [0.15, 0.2) is 35.1 Å². The minimum absolute atomic E-state index is 0.440. The summed E-state index contributed by atoms with van der Waals surface area (Å²) in [5.41, 5.74) is 1.80. The molecule has 4 heteroatoms. The molecule has 1 N–H and O–H groups in total. The molecular weight excluding hydrogens is 264 g/mol. The van der Waals surface area contributed by atoms with E-state index in [-0.39, 0.29) is 0 Å². The highest BCUT2D eigenvalue weighted by molar-refractivity contribution is 6.30. The molecule has 0 saturated carbocycles. The van der Waals surface area contributed by atoms with Crippen LogP contribution < -0.4 is 4.74 Å². The highest BCUT2D eigenvalue weighted by Gasteiger charge is 2.28. The summed E-state index contributed by atoms with van der Waals surface area (Å²) < 4.78 is 10.7. The Hall–Kier alpha value is -1.45. The number of furan rings is 1. The van der Waals surface area contributed by atoms with Crippen molar-refractivity contribution in [3.8, 4) is 5.75 Å². The van der Waals surface area contributed by atoms with Crippen LogP contribution in [0.2, 0.25) is 5.02 Å². The van der Waals surface area contributed by atoms with Gasteiger partial charge in [0.15, 0.2) is 0 Å². The summed E-state index contributed by atoms with van der Waals surface area (Å²) in [6.07, 6.45) is 4.43. The molecule has 19 heavy (non-hydrogen) atoms. The average Bonchev–Trinajstić information content (AvgIpc) is 2.98. The molecule has 1 aromatic heterocycles. The van der Waals surface area contributed by atoms with Crippen LogP contribution in [0.5, 0.6) is 5.75 Å². The molecule has 3 rings (SSSR count). The molecule has 1 atom stereocenters. The van der Waals surface area contributed by atoms with Gasteiger partial charge in [0.05, 0.1) is 24.7 Å². The van der Waals surface area contributed by atoms with E-state index in [0.29, 0.717) is 18.1 Å². The van der Waals surface area contributed by atoms with Gasteiger partial charge >= 0.3 is 0 Å². The van der Waals surface area contributed by atoms with Gasteiger partial charge < -0.3 is 14.3 Å². The zero-order valence-corrected chi connectivity index (χ0v) is 11.4. The van der Waals surface area contributed by atoms with Crippen molar-refractivity contribution in [2.24, 2.45) is 0 Å². The van der Waals surface area contributed by atoms with Crippen LogP contribution in [0.1, 0.15) is 23.6 Å². The van der Waals surface area contributed by atoms with Crippen LogP contribution in [0, 0.1) is 0 Å². The second-order valence-electron chi connectivity index (χ2n) is 5.11. The first kappa shape index (κ1) is 12.6. The summed E-state index contributed by atoms with van der Waals surface area (Å²) in [5.74, 6) is 0.869. The monoisotopic (exact) mass is 278 g/mol. The summed E-state index contributed by atoms with van der Waals surface area (Å²) >= 11 is 6.13. The summed E-state index contributed by atoms with van der Waals surface area (Å²) in [5, 5.41) is 11.3. The summed E-state index contributed by atoms with van der Waals surface area (Å²) in [4.78, 5) is 0. The molecule has 0 fully saturated rings. The van der Waals surface area contributed by atoms with E-state index in [1.165, 1.54) is 0 Å². The first-order chi connectivity index (χ1) is 9.06. The topological polar surface area (TPSA) is 42.6 Å². The van der Waals surface area contributed by atoms with Crippen molar-refractivity contribution in [3.05, 3.63) is 52.4 Å². The van der Waals surface area contributed by atoms with Crippen LogP contribution in [-0.2, 0) is 18.4 Å². The molecule has 2 aromatic rings. The summed E-state index contributed by atoms with van der Waals surface area (Å²) in [6, 6.07) is 5.56. The van der Waals surface area contributed by atoms with E-state index in [1.54, 1.807) is 25.5 Å². The van der Waals surface area contributed by atoms with Crippen LogP contribution >= 0.6 is 11.6 Å². The lowest BCUT2D eigenvalue weighted by atomic mass is 9.90. The Morgan fingerprint density at radius 2 is 2.26 bits per heavy atom. The Kier molecular flexibility index (Phi) is 3.03. The fraction of sp³-hybridized carbons (Fsp3) is 0.333. The fourth-order valence-electron chi connectivity index (χ4n) is 2.52. The zero-order valence-electron chi connectivity index (χ0n) is 10.6. The maximum atomic E-state index is 10.6. The number of rotatable bonds is 3. The van der Waals surface area contributed by atoms with E-state index in [1.807, 2.05) is 12.1 Å². The molecule has 0 saturated heterocycles. The molecule has 3 nitrogen and oxygen atoms in total. The van der Waals surface area contributed by atoms with Gasteiger partial charge in [-0.1, -0.05) is 11.6 Å². The normalized spacial score (nSPS) is 16.8. The molecule has 100 valence electrons. The molecular formula is C15H15ClO3. The average molecular weight is 279 g/mol. The number of fused-ring (bicyclic) bond motifs is 1. The highest BCUT2D eigenvalue weighted by atomic mass is 35.5. The van der Waals surface area contributed by atoms with Gasteiger partial charge in [-0.05, 0) is 36.2 Å². The first-order valence-corrected chi connectivity index (χ1v) is 6.63. The van der Waals surface area contributed by atoms with E-state index in [9.17, 15) is 5.11 Å². The highest BCUT2D eigenvalue weighted by Crippen LogP contribution is 2.37. The van der Waals surface area contributed by atoms with Crippen molar-refractivity contribution in [2.75, 3.05) is 6.61 Å². The number of hydrogen-bond donors (Lipinski definition) is 1. The van der Waals surface area contributed by atoms with Crippen LogP contribution in [-0.4, -0.2) is 11.7 Å². The molecule has 0 radical (unpaired) electrons. The van der Waals surface area contributed by atoms with Crippen LogP contribution in [0.4, 0.5) is 0 Å². The van der Waals surface area contributed by atoms with Crippen LogP contribution in [0.25, 0.3) is 0 Å². The van der Waals surface area contributed by atoms with E-state index < -0.39 is 5.60 Å². The Bertz CT molecular complexity index is 588. The lowest BCUT2D eigenvalue weighted by Crippen LogP contribution is -2.23. The quantitative estimate of drug-likeness (QED) is 0.936. The van der Waals surface area contributed by atoms with Gasteiger partial charge in [-0.2, -0.15) is 0 Å². The molecule has 0 amide bonds. The Labute approximate surface area is 116 Å². The number of ether oxygens (including phenoxy) is 1. The number of benzene rings is 1.